The summed E-state index contributed by atoms with van der Waals surface area (Å²) in [5.41, 5.74) is 1.39. The first-order chi connectivity index (χ1) is 18.2. The van der Waals surface area contributed by atoms with Gasteiger partial charge in [-0.3, -0.25) is 14.9 Å². The summed E-state index contributed by atoms with van der Waals surface area (Å²) in [5.74, 6) is -0.697. The number of nitro groups is 1. The molecule has 0 bridgehead atoms. The Labute approximate surface area is 223 Å². The molecule has 1 N–H and O–H groups in total. The molecule has 0 spiro atoms. The van der Waals surface area contributed by atoms with Gasteiger partial charge in [-0.15, -0.1) is 0 Å². The molecular formula is C27H22ClN3O7. The van der Waals surface area contributed by atoms with Gasteiger partial charge in [0.2, 0.25) is 0 Å². The molecule has 3 aromatic rings. The number of esters is 1. The zero-order chi connectivity index (χ0) is 27.7. The van der Waals surface area contributed by atoms with Gasteiger partial charge in [-0.25, -0.2) is 4.79 Å². The fourth-order valence-electron chi connectivity index (χ4n) is 3.31. The van der Waals surface area contributed by atoms with Crippen molar-refractivity contribution in [2.75, 3.05) is 19.0 Å². The van der Waals surface area contributed by atoms with Crippen LogP contribution in [0.2, 0.25) is 5.02 Å². The second-order valence-corrected chi connectivity index (χ2v) is 8.08. The Morgan fingerprint density at radius 2 is 1.87 bits per heavy atom. The minimum Gasteiger partial charge on any atom is -0.490 e. The lowest BCUT2D eigenvalue weighted by molar-refractivity contribution is -0.384. The second-order valence-electron chi connectivity index (χ2n) is 7.67. The van der Waals surface area contributed by atoms with Crippen molar-refractivity contribution in [3.05, 3.63) is 98.1 Å². The monoisotopic (exact) mass is 535 g/mol. The van der Waals surface area contributed by atoms with Crippen molar-refractivity contribution in [1.82, 2.24) is 0 Å². The number of carbonyl (C=O) groups is 2. The van der Waals surface area contributed by atoms with Crippen molar-refractivity contribution < 1.29 is 28.7 Å². The predicted molar refractivity (Wildman–Crippen MR) is 140 cm³/mol. The maximum atomic E-state index is 12.7. The van der Waals surface area contributed by atoms with Crippen molar-refractivity contribution in [1.29, 1.82) is 5.26 Å². The van der Waals surface area contributed by atoms with E-state index in [-0.39, 0.29) is 41.0 Å². The van der Waals surface area contributed by atoms with E-state index in [1.807, 2.05) is 6.07 Å². The first kappa shape index (κ1) is 27.7. The van der Waals surface area contributed by atoms with Crippen LogP contribution in [0.25, 0.3) is 6.08 Å². The lowest BCUT2D eigenvalue weighted by atomic mass is 10.1. The number of nitrogens with one attached hydrogen (secondary N) is 1. The molecule has 194 valence electrons. The van der Waals surface area contributed by atoms with Crippen molar-refractivity contribution in [2.45, 2.75) is 13.5 Å². The van der Waals surface area contributed by atoms with Gasteiger partial charge in [-0.05, 0) is 60.5 Å². The van der Waals surface area contributed by atoms with Gasteiger partial charge in [0.05, 0.1) is 29.2 Å². The number of hydrogen-bond acceptors (Lipinski definition) is 8. The second kappa shape index (κ2) is 12.9. The van der Waals surface area contributed by atoms with E-state index in [0.717, 1.165) is 0 Å². The van der Waals surface area contributed by atoms with Crippen LogP contribution >= 0.6 is 11.6 Å². The molecule has 1 amide bonds. The van der Waals surface area contributed by atoms with Crippen LogP contribution < -0.4 is 14.8 Å². The number of non-ortho nitro benzene ring substituents is 1. The molecule has 38 heavy (non-hydrogen) atoms. The molecular weight excluding hydrogens is 514 g/mol. The summed E-state index contributed by atoms with van der Waals surface area (Å²) < 4.78 is 16.1. The van der Waals surface area contributed by atoms with Crippen molar-refractivity contribution in [3.63, 3.8) is 0 Å². The maximum Gasteiger partial charge on any atom is 0.337 e. The molecule has 3 aromatic carbocycles. The van der Waals surface area contributed by atoms with Gasteiger partial charge < -0.3 is 19.5 Å². The molecule has 0 saturated carbocycles. The molecule has 10 nitrogen and oxygen atoms in total. The van der Waals surface area contributed by atoms with E-state index in [1.165, 1.54) is 55.7 Å². The zero-order valence-corrected chi connectivity index (χ0v) is 21.2. The third-order valence-corrected chi connectivity index (χ3v) is 5.36. The summed E-state index contributed by atoms with van der Waals surface area (Å²) >= 11 is 6.44. The van der Waals surface area contributed by atoms with E-state index < -0.39 is 16.8 Å². The SMILES string of the molecule is CCOc1cc(/C=C(\C#N)C(=O)Nc2ccc(C(=O)OC)cc2)cc(Cl)c1OCc1cccc([N+](=O)[O-])c1. The Balaban J connectivity index is 1.81. The van der Waals surface area contributed by atoms with E-state index in [4.69, 9.17) is 21.1 Å². The number of anilines is 1. The highest BCUT2D eigenvalue weighted by molar-refractivity contribution is 6.32. The molecule has 0 aliphatic heterocycles. The van der Waals surface area contributed by atoms with Gasteiger partial charge in [0.25, 0.3) is 11.6 Å². The zero-order valence-electron chi connectivity index (χ0n) is 20.4. The van der Waals surface area contributed by atoms with E-state index in [1.54, 1.807) is 25.1 Å². The highest BCUT2D eigenvalue weighted by Gasteiger charge is 2.16. The minimum atomic E-state index is -0.668. The van der Waals surface area contributed by atoms with Crippen molar-refractivity contribution in [3.8, 4) is 17.6 Å². The largest absolute Gasteiger partial charge is 0.490 e. The molecule has 0 atom stereocenters. The fraction of sp³-hybridized carbons (Fsp3) is 0.148. The van der Waals surface area contributed by atoms with E-state index >= 15 is 0 Å². The molecule has 0 saturated heterocycles. The number of rotatable bonds is 10. The summed E-state index contributed by atoms with van der Waals surface area (Å²) in [7, 11) is 1.27. The summed E-state index contributed by atoms with van der Waals surface area (Å²) in [4.78, 5) is 34.8. The molecule has 11 heteroatoms. The maximum absolute atomic E-state index is 12.7. The third-order valence-electron chi connectivity index (χ3n) is 5.08. The first-order valence-corrected chi connectivity index (χ1v) is 11.6. The summed E-state index contributed by atoms with van der Waals surface area (Å²) in [6.45, 7) is 2.04. The van der Waals surface area contributed by atoms with Gasteiger partial charge in [0.15, 0.2) is 11.5 Å². The topological polar surface area (TPSA) is 141 Å². The van der Waals surface area contributed by atoms with Crippen molar-refractivity contribution in [2.24, 2.45) is 0 Å². The number of ether oxygens (including phenoxy) is 3. The number of nitriles is 1. The number of halogens is 1. The number of carbonyl (C=O) groups excluding carboxylic acids is 2. The number of nitrogens with zero attached hydrogens (tertiary/aromatic N) is 2. The van der Waals surface area contributed by atoms with Crippen LogP contribution in [0.4, 0.5) is 11.4 Å². The normalized spacial score (nSPS) is 10.7. The minimum absolute atomic E-state index is 0.00270. The highest BCUT2D eigenvalue weighted by Crippen LogP contribution is 2.38. The Morgan fingerprint density at radius 3 is 2.50 bits per heavy atom. The van der Waals surface area contributed by atoms with Gasteiger partial charge in [-0.1, -0.05) is 23.7 Å². The van der Waals surface area contributed by atoms with E-state index in [0.29, 0.717) is 22.4 Å². The molecule has 0 radical (unpaired) electrons. The molecule has 0 heterocycles. The lowest BCUT2D eigenvalue weighted by Crippen LogP contribution is -2.13. The standard InChI is InChI=1S/C27H22ClN3O7/c1-3-37-24-14-18(13-23(28)25(24)38-16-17-5-4-6-22(12-17)31(34)35)11-20(15-29)26(32)30-21-9-7-19(8-10-21)27(33)36-2/h4-14H,3,16H2,1-2H3,(H,30,32)/b20-11+. The van der Waals surface area contributed by atoms with Crippen LogP contribution in [0.3, 0.4) is 0 Å². The van der Waals surface area contributed by atoms with Crippen LogP contribution in [-0.4, -0.2) is 30.5 Å². The molecule has 0 aromatic heterocycles. The van der Waals surface area contributed by atoms with E-state index in [9.17, 15) is 25.0 Å². The Hall–Kier alpha value is -4.88. The molecule has 0 aliphatic carbocycles. The first-order valence-electron chi connectivity index (χ1n) is 11.2. The predicted octanol–water partition coefficient (Wildman–Crippen LogP) is 5.56. The van der Waals surface area contributed by atoms with Gasteiger partial charge >= 0.3 is 5.97 Å². The van der Waals surface area contributed by atoms with Crippen LogP contribution in [0.5, 0.6) is 11.5 Å². The number of methoxy groups -OCH3 is 1. The average molecular weight is 536 g/mol. The number of benzene rings is 3. The van der Waals surface area contributed by atoms with E-state index in [2.05, 4.69) is 10.1 Å². The van der Waals surface area contributed by atoms with Gasteiger partial charge in [0, 0.05) is 17.8 Å². The summed E-state index contributed by atoms with van der Waals surface area (Å²) in [6.07, 6.45) is 1.34. The number of amides is 1. The average Bonchev–Trinajstić information content (AvgIpc) is 2.91. The van der Waals surface area contributed by atoms with Crippen LogP contribution in [0.1, 0.15) is 28.4 Å². The molecule has 0 unspecified atom stereocenters. The Morgan fingerprint density at radius 1 is 1.13 bits per heavy atom. The molecule has 0 aliphatic rings. The smallest absolute Gasteiger partial charge is 0.337 e. The lowest BCUT2D eigenvalue weighted by Gasteiger charge is -2.15. The summed E-state index contributed by atoms with van der Waals surface area (Å²) in [5, 5.41) is 23.3. The Kier molecular flexibility index (Phi) is 9.40. The van der Waals surface area contributed by atoms with Crippen LogP contribution in [-0.2, 0) is 16.1 Å². The van der Waals surface area contributed by atoms with Gasteiger partial charge in [-0.2, -0.15) is 5.26 Å². The highest BCUT2D eigenvalue weighted by atomic mass is 35.5. The van der Waals surface area contributed by atoms with Crippen LogP contribution in [0.15, 0.2) is 66.2 Å². The number of nitro benzene ring substituents is 1. The molecule has 3 rings (SSSR count). The van der Waals surface area contributed by atoms with Crippen LogP contribution in [0, 0.1) is 21.4 Å². The molecule has 0 fully saturated rings. The number of hydrogen-bond donors (Lipinski definition) is 1. The third kappa shape index (κ3) is 7.09. The quantitative estimate of drug-likeness (QED) is 0.117. The van der Waals surface area contributed by atoms with Gasteiger partial charge in [0.1, 0.15) is 18.2 Å². The fourth-order valence-corrected chi connectivity index (χ4v) is 3.58. The summed E-state index contributed by atoms with van der Waals surface area (Å²) in [6, 6.07) is 16.9. The van der Waals surface area contributed by atoms with Crippen molar-refractivity contribution >= 4 is 40.9 Å². The Bertz CT molecular complexity index is 1430.